The third kappa shape index (κ3) is 7.25. The molecule has 5 heteroatoms. The molecule has 124 valence electrons. The minimum Gasteiger partial charge on any atom is -0.465 e. The van der Waals surface area contributed by atoms with Gasteiger partial charge in [0, 0.05) is 38.9 Å². The van der Waals surface area contributed by atoms with E-state index in [1.54, 1.807) is 0 Å². The Morgan fingerprint density at radius 2 is 1.81 bits per heavy atom. The summed E-state index contributed by atoms with van der Waals surface area (Å²) < 4.78 is 4.89. The molecule has 0 unspecified atom stereocenters. The second kappa shape index (κ2) is 9.38. The molecule has 0 aromatic carbocycles. The predicted octanol–water partition coefficient (Wildman–Crippen LogP) is 1.39. The molecule has 1 heterocycles. The highest BCUT2D eigenvalue weighted by atomic mass is 16.5. The highest BCUT2D eigenvalue weighted by molar-refractivity contribution is 5.71. The lowest BCUT2D eigenvalue weighted by molar-refractivity contribution is -0.142. The van der Waals surface area contributed by atoms with Crippen LogP contribution in [0.25, 0.3) is 0 Å². The van der Waals surface area contributed by atoms with Crippen molar-refractivity contribution in [2.45, 2.75) is 40.7 Å². The van der Waals surface area contributed by atoms with Crippen LogP contribution in [0.3, 0.4) is 0 Å². The van der Waals surface area contributed by atoms with E-state index in [1.165, 1.54) is 13.1 Å². The van der Waals surface area contributed by atoms with Gasteiger partial charge in [0.1, 0.15) is 0 Å². The number of nitrogens with zero attached hydrogens (tertiary/aromatic N) is 2. The van der Waals surface area contributed by atoms with Crippen LogP contribution in [0, 0.1) is 11.8 Å². The first-order chi connectivity index (χ1) is 9.92. The van der Waals surface area contributed by atoms with E-state index in [0.29, 0.717) is 31.0 Å². The summed E-state index contributed by atoms with van der Waals surface area (Å²) in [5.41, 5.74) is 0. The maximum absolute atomic E-state index is 11.2. The van der Waals surface area contributed by atoms with E-state index < -0.39 is 0 Å². The monoisotopic (exact) mass is 299 g/mol. The minimum atomic E-state index is -0.171. The number of likely N-dealkylation sites (tertiary alicyclic amines) is 1. The largest absolute Gasteiger partial charge is 0.465 e. The number of rotatable bonds is 10. The lowest BCUT2D eigenvalue weighted by atomic mass is 10.0. The number of hydrogen-bond acceptors (Lipinski definition) is 5. The lowest BCUT2D eigenvalue weighted by Gasteiger charge is -2.46. The fraction of sp³-hybridized carbons (Fsp3) is 0.938. The van der Waals surface area contributed by atoms with Gasteiger partial charge in [-0.15, -0.1) is 0 Å². The second-order valence-corrected chi connectivity index (χ2v) is 6.82. The molecule has 0 saturated carbocycles. The normalized spacial score (nSPS) is 16.8. The van der Waals surface area contributed by atoms with Gasteiger partial charge in [-0.1, -0.05) is 27.7 Å². The number of esters is 1. The Morgan fingerprint density at radius 1 is 1.24 bits per heavy atom. The lowest BCUT2D eigenvalue weighted by Crippen LogP contribution is -2.62. The number of ether oxygens (including phenoxy) is 1. The van der Waals surface area contributed by atoms with Crippen LogP contribution in [-0.4, -0.2) is 67.8 Å². The van der Waals surface area contributed by atoms with E-state index in [4.69, 9.17) is 4.74 Å². The van der Waals surface area contributed by atoms with Gasteiger partial charge in [-0.2, -0.15) is 0 Å². The van der Waals surface area contributed by atoms with Crippen molar-refractivity contribution in [1.29, 1.82) is 0 Å². The summed E-state index contributed by atoms with van der Waals surface area (Å²) in [6, 6.07) is 0.666. The Morgan fingerprint density at radius 3 is 2.29 bits per heavy atom. The predicted molar refractivity (Wildman–Crippen MR) is 86.1 cm³/mol. The van der Waals surface area contributed by atoms with E-state index in [0.717, 1.165) is 19.8 Å². The second-order valence-electron chi connectivity index (χ2n) is 6.82. The molecular weight excluding hydrogens is 266 g/mol. The zero-order valence-corrected chi connectivity index (χ0v) is 14.4. The first-order valence-corrected chi connectivity index (χ1v) is 8.25. The average Bonchev–Trinajstić information content (AvgIpc) is 2.30. The van der Waals surface area contributed by atoms with E-state index in [9.17, 15) is 4.79 Å². The molecule has 0 amide bonds. The molecule has 1 saturated heterocycles. The third-order valence-corrected chi connectivity index (χ3v) is 3.56. The molecule has 1 fully saturated rings. The van der Waals surface area contributed by atoms with E-state index in [-0.39, 0.29) is 5.97 Å². The van der Waals surface area contributed by atoms with Gasteiger partial charge in [0.05, 0.1) is 13.2 Å². The Labute approximate surface area is 130 Å². The van der Waals surface area contributed by atoms with Crippen molar-refractivity contribution in [3.8, 4) is 0 Å². The Hall–Kier alpha value is -0.650. The van der Waals surface area contributed by atoms with Crippen LogP contribution < -0.4 is 5.32 Å². The minimum absolute atomic E-state index is 0.171. The Bertz CT molecular complexity index is 292. The van der Waals surface area contributed by atoms with Gasteiger partial charge in [0.2, 0.25) is 0 Å². The zero-order chi connectivity index (χ0) is 15.8. The molecule has 1 aliphatic heterocycles. The van der Waals surface area contributed by atoms with Crippen LogP contribution in [0.1, 0.15) is 34.6 Å². The van der Waals surface area contributed by atoms with E-state index in [2.05, 4.69) is 42.8 Å². The fourth-order valence-corrected chi connectivity index (χ4v) is 2.74. The summed E-state index contributed by atoms with van der Waals surface area (Å²) in [6.07, 6.45) is 0. The topological polar surface area (TPSA) is 44.8 Å². The Kier molecular flexibility index (Phi) is 8.22. The van der Waals surface area contributed by atoms with Gasteiger partial charge in [0.25, 0.3) is 0 Å². The van der Waals surface area contributed by atoms with Gasteiger partial charge < -0.3 is 4.74 Å². The van der Waals surface area contributed by atoms with E-state index >= 15 is 0 Å². The quantitative estimate of drug-likeness (QED) is 0.618. The maximum atomic E-state index is 11.2. The number of carbonyl (C=O) groups is 1. The summed E-state index contributed by atoms with van der Waals surface area (Å²) in [6.45, 7) is 17.0. The first-order valence-electron chi connectivity index (χ1n) is 8.25. The number of nitrogens with one attached hydrogen (secondary N) is 1. The molecule has 0 aromatic heterocycles. The van der Waals surface area contributed by atoms with Crippen molar-refractivity contribution < 1.29 is 9.53 Å². The van der Waals surface area contributed by atoms with Crippen LogP contribution in [0.5, 0.6) is 0 Å². The summed E-state index contributed by atoms with van der Waals surface area (Å²) in [5.74, 6) is 1.25. The summed E-state index contributed by atoms with van der Waals surface area (Å²) >= 11 is 0. The van der Waals surface area contributed by atoms with Crippen molar-refractivity contribution in [3.63, 3.8) is 0 Å². The molecule has 1 aliphatic rings. The Balaban J connectivity index is 2.21. The molecule has 0 atom stereocenters. The average molecular weight is 299 g/mol. The first kappa shape index (κ1) is 18.4. The van der Waals surface area contributed by atoms with Crippen molar-refractivity contribution >= 4 is 5.97 Å². The summed E-state index contributed by atoms with van der Waals surface area (Å²) in [7, 11) is 0. The highest BCUT2D eigenvalue weighted by Gasteiger charge is 2.31. The molecular formula is C16H33N3O2. The maximum Gasteiger partial charge on any atom is 0.319 e. The molecule has 0 aliphatic carbocycles. The van der Waals surface area contributed by atoms with Gasteiger partial charge in [-0.25, -0.2) is 0 Å². The molecule has 21 heavy (non-hydrogen) atoms. The molecule has 5 nitrogen and oxygen atoms in total. The fourth-order valence-electron chi connectivity index (χ4n) is 2.74. The van der Waals surface area contributed by atoms with Gasteiger partial charge in [0.15, 0.2) is 0 Å². The number of carbonyl (C=O) groups excluding carboxylic acids is 1. The molecule has 0 spiro atoms. The zero-order valence-electron chi connectivity index (χ0n) is 14.4. The van der Waals surface area contributed by atoms with Crippen molar-refractivity contribution in [2.24, 2.45) is 11.8 Å². The van der Waals surface area contributed by atoms with Crippen molar-refractivity contribution in [1.82, 2.24) is 15.1 Å². The molecule has 1 rings (SSSR count). The summed E-state index contributed by atoms with van der Waals surface area (Å²) in [4.78, 5) is 16.2. The van der Waals surface area contributed by atoms with Gasteiger partial charge >= 0.3 is 5.97 Å². The SMILES string of the molecule is CCOC(=O)CNCN1CC(N(CC(C)C)CC(C)C)C1. The number of hydrogen-bond donors (Lipinski definition) is 1. The molecule has 0 bridgehead atoms. The van der Waals surface area contributed by atoms with Crippen molar-refractivity contribution in [3.05, 3.63) is 0 Å². The highest BCUT2D eigenvalue weighted by Crippen LogP contribution is 2.17. The van der Waals surface area contributed by atoms with Crippen LogP contribution in [0.15, 0.2) is 0 Å². The molecule has 0 aromatic rings. The van der Waals surface area contributed by atoms with Crippen molar-refractivity contribution in [2.75, 3.05) is 46.0 Å². The van der Waals surface area contributed by atoms with Crippen LogP contribution in [0.2, 0.25) is 0 Å². The van der Waals surface area contributed by atoms with Crippen LogP contribution in [-0.2, 0) is 9.53 Å². The standard InChI is InChI=1S/C16H33N3O2/c1-6-21-16(20)7-17-12-18-10-15(11-18)19(8-13(2)3)9-14(4)5/h13-15,17H,6-12H2,1-5H3. The van der Waals surface area contributed by atoms with Crippen LogP contribution in [0.4, 0.5) is 0 Å². The van der Waals surface area contributed by atoms with Gasteiger partial charge in [-0.05, 0) is 18.8 Å². The summed E-state index contributed by atoms with van der Waals surface area (Å²) in [5, 5.41) is 3.15. The van der Waals surface area contributed by atoms with Gasteiger partial charge in [-0.3, -0.25) is 19.9 Å². The third-order valence-electron chi connectivity index (χ3n) is 3.56. The molecule has 0 radical (unpaired) electrons. The smallest absolute Gasteiger partial charge is 0.319 e. The van der Waals surface area contributed by atoms with Crippen LogP contribution >= 0.6 is 0 Å². The molecule has 1 N–H and O–H groups in total. The van der Waals surface area contributed by atoms with E-state index in [1.807, 2.05) is 6.92 Å².